The number of ether oxygens (including phenoxy) is 1. The van der Waals surface area contributed by atoms with Crippen LogP contribution in [0.25, 0.3) is 0 Å². The molecule has 0 amide bonds. The number of halogens is 2. The smallest absolute Gasteiger partial charge is 0.192 e. The molecule has 0 bridgehead atoms. The van der Waals surface area contributed by atoms with Crippen LogP contribution in [0.5, 0.6) is 0 Å². The molecule has 0 saturated carbocycles. The van der Waals surface area contributed by atoms with E-state index >= 15 is 0 Å². The molecule has 0 aliphatic carbocycles. The fourth-order valence-corrected chi connectivity index (χ4v) is 2.43. The summed E-state index contributed by atoms with van der Waals surface area (Å²) in [5.74, 6) is -0.0380. The molecule has 0 radical (unpaired) electrons. The first-order chi connectivity index (χ1) is 8.99. The Morgan fingerprint density at radius 3 is 2.74 bits per heavy atom. The lowest BCUT2D eigenvalue weighted by molar-refractivity contribution is -0.0256. The predicted octanol–water partition coefficient (Wildman–Crippen LogP) is 3.29. The minimum absolute atomic E-state index is 0.0380. The van der Waals surface area contributed by atoms with E-state index in [9.17, 15) is 4.79 Å². The molecule has 1 fully saturated rings. The number of nitrogens with zero attached hydrogens (tertiary/aromatic N) is 1. The zero-order chi connectivity index (χ0) is 14.0. The topological polar surface area (TPSA) is 29.5 Å². The summed E-state index contributed by atoms with van der Waals surface area (Å²) in [6.45, 7) is 6.30. The van der Waals surface area contributed by atoms with E-state index in [0.717, 1.165) is 6.54 Å². The monoisotopic (exact) mass is 301 g/mol. The standard InChI is InChI=1S/C14H17Cl2NO2/c1-9(2)17-5-6-19-13(8-17)14(18)10-3-4-11(15)12(16)7-10/h3-4,7,9,13H,5-6,8H2,1-2H3. The lowest BCUT2D eigenvalue weighted by atomic mass is 10.0. The van der Waals surface area contributed by atoms with Gasteiger partial charge in [-0.15, -0.1) is 0 Å². The van der Waals surface area contributed by atoms with Gasteiger partial charge < -0.3 is 4.74 Å². The maximum atomic E-state index is 12.4. The summed E-state index contributed by atoms with van der Waals surface area (Å²) in [4.78, 5) is 14.6. The van der Waals surface area contributed by atoms with E-state index in [4.69, 9.17) is 27.9 Å². The van der Waals surface area contributed by atoms with Crippen LogP contribution in [-0.2, 0) is 4.74 Å². The van der Waals surface area contributed by atoms with Crippen molar-refractivity contribution in [3.8, 4) is 0 Å². The summed E-state index contributed by atoms with van der Waals surface area (Å²) in [5.41, 5.74) is 0.546. The van der Waals surface area contributed by atoms with Crippen LogP contribution in [0.2, 0.25) is 10.0 Å². The van der Waals surface area contributed by atoms with Gasteiger partial charge in [0.25, 0.3) is 0 Å². The van der Waals surface area contributed by atoms with Gasteiger partial charge in [0.15, 0.2) is 5.78 Å². The highest BCUT2D eigenvalue weighted by Crippen LogP contribution is 2.24. The van der Waals surface area contributed by atoms with Crippen molar-refractivity contribution in [3.05, 3.63) is 33.8 Å². The van der Waals surface area contributed by atoms with E-state index in [0.29, 0.717) is 34.8 Å². The van der Waals surface area contributed by atoms with Crippen molar-refractivity contribution in [2.45, 2.75) is 26.0 Å². The SMILES string of the molecule is CC(C)N1CCOC(C(=O)c2ccc(Cl)c(Cl)c2)C1. The average molecular weight is 302 g/mol. The fraction of sp³-hybridized carbons (Fsp3) is 0.500. The highest BCUT2D eigenvalue weighted by molar-refractivity contribution is 6.42. The number of benzene rings is 1. The second kappa shape index (κ2) is 6.23. The molecule has 1 saturated heterocycles. The van der Waals surface area contributed by atoms with Crippen LogP contribution < -0.4 is 0 Å². The molecule has 2 rings (SSSR count). The normalized spacial score (nSPS) is 20.8. The molecular weight excluding hydrogens is 285 g/mol. The van der Waals surface area contributed by atoms with Gasteiger partial charge in [0.2, 0.25) is 0 Å². The molecule has 1 heterocycles. The van der Waals surface area contributed by atoms with E-state index in [-0.39, 0.29) is 5.78 Å². The Balaban J connectivity index is 2.12. The van der Waals surface area contributed by atoms with Crippen molar-refractivity contribution >= 4 is 29.0 Å². The molecule has 3 nitrogen and oxygen atoms in total. The van der Waals surface area contributed by atoms with Crippen LogP contribution in [0.15, 0.2) is 18.2 Å². The van der Waals surface area contributed by atoms with Crippen molar-refractivity contribution < 1.29 is 9.53 Å². The number of hydrogen-bond donors (Lipinski definition) is 0. The highest BCUT2D eigenvalue weighted by atomic mass is 35.5. The third kappa shape index (κ3) is 3.48. The van der Waals surface area contributed by atoms with Crippen molar-refractivity contribution in [2.24, 2.45) is 0 Å². The fourth-order valence-electron chi connectivity index (χ4n) is 2.13. The molecule has 0 spiro atoms. The van der Waals surface area contributed by atoms with Crippen LogP contribution in [0, 0.1) is 0 Å². The van der Waals surface area contributed by atoms with Crippen LogP contribution >= 0.6 is 23.2 Å². The minimum atomic E-state index is -0.423. The van der Waals surface area contributed by atoms with Gasteiger partial charge in [-0.25, -0.2) is 0 Å². The maximum Gasteiger partial charge on any atom is 0.192 e. The summed E-state index contributed by atoms with van der Waals surface area (Å²) < 4.78 is 5.58. The Kier molecular flexibility index (Phi) is 4.85. The van der Waals surface area contributed by atoms with E-state index in [1.165, 1.54) is 0 Å². The molecular formula is C14H17Cl2NO2. The molecule has 19 heavy (non-hydrogen) atoms. The van der Waals surface area contributed by atoms with Gasteiger partial charge in [0, 0.05) is 24.7 Å². The Labute approximate surface area is 123 Å². The Morgan fingerprint density at radius 2 is 2.11 bits per heavy atom. The summed E-state index contributed by atoms with van der Waals surface area (Å²) in [7, 11) is 0. The first-order valence-corrected chi connectivity index (χ1v) is 7.09. The zero-order valence-electron chi connectivity index (χ0n) is 11.0. The summed E-state index contributed by atoms with van der Waals surface area (Å²) in [6, 6.07) is 5.34. The number of Topliss-reactive ketones (excluding diaryl/α,β-unsaturated/α-hetero) is 1. The predicted molar refractivity (Wildman–Crippen MR) is 77.2 cm³/mol. The molecule has 0 N–H and O–H groups in total. The molecule has 1 atom stereocenters. The number of ketones is 1. The van der Waals surface area contributed by atoms with Crippen LogP contribution in [0.3, 0.4) is 0 Å². The van der Waals surface area contributed by atoms with Gasteiger partial charge in [-0.3, -0.25) is 9.69 Å². The quantitative estimate of drug-likeness (QED) is 0.803. The van der Waals surface area contributed by atoms with Crippen molar-refractivity contribution in [2.75, 3.05) is 19.7 Å². The Hall–Kier alpha value is -0.610. The zero-order valence-corrected chi connectivity index (χ0v) is 12.5. The molecule has 1 aliphatic rings. The lowest BCUT2D eigenvalue weighted by Crippen LogP contribution is -2.48. The second-order valence-electron chi connectivity index (χ2n) is 4.94. The number of rotatable bonds is 3. The maximum absolute atomic E-state index is 12.4. The largest absolute Gasteiger partial charge is 0.367 e. The van der Waals surface area contributed by atoms with Crippen molar-refractivity contribution in [3.63, 3.8) is 0 Å². The number of morpholine rings is 1. The summed E-state index contributed by atoms with van der Waals surface area (Å²) >= 11 is 11.8. The van der Waals surface area contributed by atoms with Crippen LogP contribution in [0.4, 0.5) is 0 Å². The van der Waals surface area contributed by atoms with E-state index in [1.807, 2.05) is 0 Å². The molecule has 1 aliphatic heterocycles. The first-order valence-electron chi connectivity index (χ1n) is 6.34. The molecule has 5 heteroatoms. The molecule has 1 unspecified atom stereocenters. The van der Waals surface area contributed by atoms with Gasteiger partial charge in [0.1, 0.15) is 6.10 Å². The number of hydrogen-bond acceptors (Lipinski definition) is 3. The first kappa shape index (κ1) is 14.8. The van der Waals surface area contributed by atoms with Crippen LogP contribution in [-0.4, -0.2) is 42.5 Å². The van der Waals surface area contributed by atoms with Crippen molar-refractivity contribution in [1.82, 2.24) is 4.90 Å². The van der Waals surface area contributed by atoms with Crippen molar-refractivity contribution in [1.29, 1.82) is 0 Å². The summed E-state index contributed by atoms with van der Waals surface area (Å²) in [5, 5.41) is 0.843. The second-order valence-corrected chi connectivity index (χ2v) is 5.76. The lowest BCUT2D eigenvalue weighted by Gasteiger charge is -2.34. The third-order valence-electron chi connectivity index (χ3n) is 3.32. The van der Waals surface area contributed by atoms with E-state index in [2.05, 4.69) is 18.7 Å². The third-order valence-corrected chi connectivity index (χ3v) is 4.06. The van der Waals surface area contributed by atoms with Gasteiger partial charge in [-0.05, 0) is 32.0 Å². The Bertz CT molecular complexity index is 477. The molecule has 104 valence electrons. The van der Waals surface area contributed by atoms with Gasteiger partial charge in [-0.2, -0.15) is 0 Å². The number of carbonyl (C=O) groups is 1. The summed E-state index contributed by atoms with van der Waals surface area (Å²) in [6.07, 6.45) is -0.423. The minimum Gasteiger partial charge on any atom is -0.367 e. The van der Waals surface area contributed by atoms with E-state index < -0.39 is 6.10 Å². The Morgan fingerprint density at radius 1 is 1.37 bits per heavy atom. The molecule has 1 aromatic rings. The van der Waals surface area contributed by atoms with E-state index in [1.54, 1.807) is 18.2 Å². The highest BCUT2D eigenvalue weighted by Gasteiger charge is 2.28. The van der Waals surface area contributed by atoms with Gasteiger partial charge in [0.05, 0.1) is 16.7 Å². The molecule has 0 aromatic heterocycles. The molecule has 1 aromatic carbocycles. The number of carbonyl (C=O) groups excluding carboxylic acids is 1. The average Bonchev–Trinajstić information content (AvgIpc) is 2.41. The van der Waals surface area contributed by atoms with Crippen LogP contribution in [0.1, 0.15) is 24.2 Å². The van der Waals surface area contributed by atoms with Gasteiger partial charge >= 0.3 is 0 Å². The van der Waals surface area contributed by atoms with Gasteiger partial charge in [-0.1, -0.05) is 23.2 Å².